The van der Waals surface area contributed by atoms with Crippen molar-refractivity contribution >= 4 is 33.0 Å². The first-order valence-electron chi connectivity index (χ1n) is 8.20. The number of esters is 1. The van der Waals surface area contributed by atoms with E-state index in [2.05, 4.69) is 0 Å². The minimum atomic E-state index is -3.69. The smallest absolute Gasteiger partial charge is 0.330 e. The minimum absolute atomic E-state index is 0.230. The number of rotatable bonds is 5. The lowest BCUT2D eigenvalue weighted by Gasteiger charge is -2.08. The van der Waals surface area contributed by atoms with Crippen LogP contribution in [0.2, 0.25) is 0 Å². The molecule has 0 radical (unpaired) electrons. The Bertz CT molecular complexity index is 1080. The van der Waals surface area contributed by atoms with Gasteiger partial charge in [0.15, 0.2) is 0 Å². The molecule has 0 spiro atoms. The third kappa shape index (κ3) is 3.55. The molecule has 0 amide bonds. The maximum atomic E-state index is 13.0. The molecule has 0 fully saturated rings. The molecule has 0 aliphatic heterocycles. The number of nitrogens with zero attached hydrogens (tertiary/aromatic N) is 1. The van der Waals surface area contributed by atoms with Crippen LogP contribution in [-0.4, -0.2) is 25.0 Å². The Morgan fingerprint density at radius 1 is 1.12 bits per heavy atom. The predicted octanol–water partition coefficient (Wildman–Crippen LogP) is 3.76. The number of ether oxygens (including phenoxy) is 1. The van der Waals surface area contributed by atoms with Crippen LogP contribution in [0.25, 0.3) is 17.0 Å². The molecule has 26 heavy (non-hydrogen) atoms. The van der Waals surface area contributed by atoms with Gasteiger partial charge in [0, 0.05) is 17.7 Å². The topological polar surface area (TPSA) is 65.4 Å². The van der Waals surface area contributed by atoms with Crippen LogP contribution >= 0.6 is 0 Å². The zero-order valence-corrected chi connectivity index (χ0v) is 15.4. The zero-order chi connectivity index (χ0) is 18.7. The van der Waals surface area contributed by atoms with Gasteiger partial charge in [-0.1, -0.05) is 29.8 Å². The molecule has 3 aromatic rings. The van der Waals surface area contributed by atoms with Crippen molar-refractivity contribution in [1.82, 2.24) is 3.97 Å². The fourth-order valence-electron chi connectivity index (χ4n) is 2.61. The maximum Gasteiger partial charge on any atom is 0.330 e. The van der Waals surface area contributed by atoms with Crippen molar-refractivity contribution in [2.75, 3.05) is 6.61 Å². The molecule has 0 atom stereocenters. The van der Waals surface area contributed by atoms with Crippen LogP contribution < -0.4 is 0 Å². The number of aryl methyl sites for hydroxylation is 1. The summed E-state index contributed by atoms with van der Waals surface area (Å²) in [5.74, 6) is -0.435. The fourth-order valence-corrected chi connectivity index (χ4v) is 3.96. The molecule has 0 saturated carbocycles. The third-order valence-corrected chi connectivity index (χ3v) is 5.66. The van der Waals surface area contributed by atoms with E-state index in [0.717, 1.165) is 10.9 Å². The largest absolute Gasteiger partial charge is 0.463 e. The number of hydrogen-bond donors (Lipinski definition) is 0. The van der Waals surface area contributed by atoms with Crippen molar-refractivity contribution in [3.8, 4) is 0 Å². The summed E-state index contributed by atoms with van der Waals surface area (Å²) in [6.45, 7) is 3.95. The summed E-state index contributed by atoms with van der Waals surface area (Å²) in [6.07, 6.45) is 4.47. The molecule has 134 valence electrons. The molecular formula is C20H19NO4S. The van der Waals surface area contributed by atoms with Crippen molar-refractivity contribution in [1.29, 1.82) is 0 Å². The van der Waals surface area contributed by atoms with E-state index in [1.807, 2.05) is 19.1 Å². The predicted molar refractivity (Wildman–Crippen MR) is 101 cm³/mol. The maximum absolute atomic E-state index is 13.0. The van der Waals surface area contributed by atoms with E-state index in [4.69, 9.17) is 4.74 Å². The van der Waals surface area contributed by atoms with Gasteiger partial charge in [0.1, 0.15) is 0 Å². The lowest BCUT2D eigenvalue weighted by molar-refractivity contribution is -0.137. The second-order valence-electron chi connectivity index (χ2n) is 5.83. The normalized spacial score (nSPS) is 11.9. The van der Waals surface area contributed by atoms with Gasteiger partial charge in [-0.05, 0) is 49.8 Å². The fraction of sp³-hybridized carbons (Fsp3) is 0.150. The lowest BCUT2D eigenvalue weighted by atomic mass is 10.1. The van der Waals surface area contributed by atoms with Crippen molar-refractivity contribution in [2.45, 2.75) is 18.7 Å². The second-order valence-corrected chi connectivity index (χ2v) is 7.65. The highest BCUT2D eigenvalue weighted by Crippen LogP contribution is 2.24. The van der Waals surface area contributed by atoms with Gasteiger partial charge in [0.05, 0.1) is 17.0 Å². The van der Waals surface area contributed by atoms with Crippen molar-refractivity contribution < 1.29 is 17.9 Å². The molecule has 0 unspecified atom stereocenters. The number of hydrogen-bond acceptors (Lipinski definition) is 4. The number of aromatic nitrogens is 1. The first-order valence-corrected chi connectivity index (χ1v) is 9.64. The van der Waals surface area contributed by atoms with Crippen LogP contribution in [-0.2, 0) is 19.6 Å². The van der Waals surface area contributed by atoms with Gasteiger partial charge in [0.25, 0.3) is 10.0 Å². The molecule has 1 aromatic heterocycles. The standard InChI is InChI=1S/C20H19NO4S/c1-3-25-20(22)11-7-16-6-8-17-12-13-21(19(17)14-16)26(23,24)18-9-4-15(2)5-10-18/h4-14H,3H2,1-2H3/b11-7+. The summed E-state index contributed by atoms with van der Waals surface area (Å²) in [5.41, 5.74) is 2.26. The monoisotopic (exact) mass is 369 g/mol. The SMILES string of the molecule is CCOC(=O)/C=C/c1ccc2ccn(S(=O)(=O)c3ccc(C)cc3)c2c1. The number of carbonyl (C=O) groups excluding carboxylic acids is 1. The van der Waals surface area contributed by atoms with E-state index < -0.39 is 16.0 Å². The quantitative estimate of drug-likeness (QED) is 0.507. The minimum Gasteiger partial charge on any atom is -0.463 e. The molecule has 1 heterocycles. The highest BCUT2D eigenvalue weighted by atomic mass is 32.2. The first kappa shape index (κ1) is 17.9. The van der Waals surface area contributed by atoms with Crippen molar-refractivity contribution in [3.63, 3.8) is 0 Å². The van der Waals surface area contributed by atoms with Gasteiger partial charge >= 0.3 is 5.97 Å². The van der Waals surface area contributed by atoms with E-state index in [1.165, 1.54) is 10.0 Å². The summed E-state index contributed by atoms with van der Waals surface area (Å²) in [5, 5.41) is 0.800. The Labute approximate surface area is 152 Å². The Kier molecular flexibility index (Phi) is 4.95. The second kappa shape index (κ2) is 7.17. The molecule has 0 saturated heterocycles. The molecular weight excluding hydrogens is 350 g/mol. The molecule has 6 heteroatoms. The number of benzene rings is 2. The molecule has 2 aromatic carbocycles. The number of carbonyl (C=O) groups is 1. The Morgan fingerprint density at radius 3 is 2.54 bits per heavy atom. The third-order valence-electron chi connectivity index (χ3n) is 3.96. The van der Waals surface area contributed by atoms with Crippen LogP contribution in [0.15, 0.2) is 65.7 Å². The van der Waals surface area contributed by atoms with Crippen molar-refractivity contribution in [2.24, 2.45) is 0 Å². The average molecular weight is 369 g/mol. The Hall–Kier alpha value is -2.86. The van der Waals surface area contributed by atoms with Crippen LogP contribution in [0.4, 0.5) is 0 Å². The Balaban J connectivity index is 2.03. The van der Waals surface area contributed by atoms with E-state index in [1.54, 1.807) is 55.6 Å². The molecule has 0 bridgehead atoms. The first-order chi connectivity index (χ1) is 12.4. The van der Waals surface area contributed by atoms with Gasteiger partial charge in [-0.3, -0.25) is 0 Å². The summed E-state index contributed by atoms with van der Waals surface area (Å²) < 4.78 is 32.0. The highest BCUT2D eigenvalue weighted by Gasteiger charge is 2.18. The van der Waals surface area contributed by atoms with Gasteiger partial charge in [-0.15, -0.1) is 0 Å². The Morgan fingerprint density at radius 2 is 1.85 bits per heavy atom. The summed E-state index contributed by atoms with van der Waals surface area (Å²) in [4.78, 5) is 11.7. The molecule has 0 aliphatic carbocycles. The highest BCUT2D eigenvalue weighted by molar-refractivity contribution is 7.90. The van der Waals surface area contributed by atoms with Crippen LogP contribution in [0.5, 0.6) is 0 Å². The lowest BCUT2D eigenvalue weighted by Crippen LogP contribution is -2.11. The van der Waals surface area contributed by atoms with E-state index in [9.17, 15) is 13.2 Å². The molecule has 0 N–H and O–H groups in total. The van der Waals surface area contributed by atoms with E-state index in [-0.39, 0.29) is 4.90 Å². The molecule has 5 nitrogen and oxygen atoms in total. The van der Waals surface area contributed by atoms with Gasteiger partial charge in [-0.25, -0.2) is 17.2 Å². The average Bonchev–Trinajstić information content (AvgIpc) is 3.04. The number of fused-ring (bicyclic) bond motifs is 1. The van der Waals surface area contributed by atoms with Crippen LogP contribution in [0.3, 0.4) is 0 Å². The molecule has 0 aliphatic rings. The van der Waals surface area contributed by atoms with Crippen molar-refractivity contribution in [3.05, 3.63) is 71.9 Å². The summed E-state index contributed by atoms with van der Waals surface area (Å²) in [6, 6.07) is 13.9. The van der Waals surface area contributed by atoms with E-state index in [0.29, 0.717) is 17.7 Å². The summed E-state index contributed by atoms with van der Waals surface area (Å²) >= 11 is 0. The summed E-state index contributed by atoms with van der Waals surface area (Å²) in [7, 11) is -3.69. The van der Waals surface area contributed by atoms with Gasteiger partial charge in [-0.2, -0.15) is 0 Å². The molecule has 3 rings (SSSR count). The van der Waals surface area contributed by atoms with Crippen LogP contribution in [0, 0.1) is 6.92 Å². The van der Waals surface area contributed by atoms with E-state index >= 15 is 0 Å². The van der Waals surface area contributed by atoms with Gasteiger partial charge < -0.3 is 4.74 Å². The van der Waals surface area contributed by atoms with Crippen LogP contribution in [0.1, 0.15) is 18.1 Å². The zero-order valence-electron chi connectivity index (χ0n) is 14.5. The van der Waals surface area contributed by atoms with Gasteiger partial charge in [0.2, 0.25) is 0 Å².